The first-order valence-corrected chi connectivity index (χ1v) is 9.88. The summed E-state index contributed by atoms with van der Waals surface area (Å²) in [6.45, 7) is 0.890. The Bertz CT molecular complexity index is 1330. The molecule has 0 radical (unpaired) electrons. The lowest BCUT2D eigenvalue weighted by Gasteiger charge is -2.18. The fraction of sp³-hybridized carbons (Fsp3) is 0.167. The first kappa shape index (κ1) is 17.5. The maximum atomic E-state index is 12.8. The zero-order valence-corrected chi connectivity index (χ0v) is 16.0. The van der Waals surface area contributed by atoms with E-state index in [0.29, 0.717) is 52.1 Å². The van der Waals surface area contributed by atoms with Gasteiger partial charge in [-0.2, -0.15) is 9.50 Å². The highest BCUT2D eigenvalue weighted by Gasteiger charge is 2.16. The van der Waals surface area contributed by atoms with Crippen molar-refractivity contribution in [2.75, 3.05) is 24.9 Å². The van der Waals surface area contributed by atoms with Crippen LogP contribution in [-0.2, 0) is 0 Å². The molecule has 10 nitrogen and oxygen atoms in total. The number of benzene rings is 1. The molecule has 1 aliphatic heterocycles. The number of nitrogens with zero attached hydrogens (tertiary/aromatic N) is 5. The normalized spacial score (nSPS) is 13.0. The third-order valence-corrected chi connectivity index (χ3v) is 4.96. The summed E-state index contributed by atoms with van der Waals surface area (Å²) in [5, 5.41) is 5.19. The molecule has 5 rings (SSSR count). The maximum Gasteiger partial charge on any atom is 0.280 e. The zero-order valence-electron chi connectivity index (χ0n) is 15.2. The van der Waals surface area contributed by atoms with E-state index in [0.717, 1.165) is 4.68 Å². The van der Waals surface area contributed by atoms with Crippen molar-refractivity contribution in [2.45, 2.75) is 5.16 Å². The molecule has 0 saturated heterocycles. The van der Waals surface area contributed by atoms with Gasteiger partial charge in [-0.1, -0.05) is 11.8 Å². The Morgan fingerprint density at radius 2 is 2.03 bits per heavy atom. The molecule has 29 heavy (non-hydrogen) atoms. The van der Waals surface area contributed by atoms with Gasteiger partial charge in [0.25, 0.3) is 17.2 Å². The van der Waals surface area contributed by atoms with Crippen LogP contribution in [0.15, 0.2) is 46.6 Å². The van der Waals surface area contributed by atoms with E-state index in [9.17, 15) is 9.59 Å². The smallest absolute Gasteiger partial charge is 0.280 e. The van der Waals surface area contributed by atoms with Gasteiger partial charge in [-0.15, -0.1) is 5.10 Å². The monoisotopic (exact) mass is 410 g/mol. The SMILES string of the molecule is CSc1nc2ncc3c(=O)n(NC(=O)c4ccc5c(c4)OCCO5)ccc3n2n1. The highest BCUT2D eigenvalue weighted by Crippen LogP contribution is 2.30. The lowest BCUT2D eigenvalue weighted by molar-refractivity contribution is 0.101. The van der Waals surface area contributed by atoms with Gasteiger partial charge in [0, 0.05) is 18.0 Å². The predicted octanol–water partition coefficient (Wildman–Crippen LogP) is 1.32. The summed E-state index contributed by atoms with van der Waals surface area (Å²) >= 11 is 1.38. The Hall–Kier alpha value is -3.60. The molecule has 1 N–H and O–H groups in total. The first-order valence-electron chi connectivity index (χ1n) is 8.66. The topological polar surface area (TPSA) is 113 Å². The minimum Gasteiger partial charge on any atom is -0.486 e. The summed E-state index contributed by atoms with van der Waals surface area (Å²) in [6, 6.07) is 6.54. The largest absolute Gasteiger partial charge is 0.486 e. The van der Waals surface area contributed by atoms with Gasteiger partial charge >= 0.3 is 0 Å². The van der Waals surface area contributed by atoms with E-state index in [-0.39, 0.29) is 0 Å². The number of nitrogens with one attached hydrogen (secondary N) is 1. The van der Waals surface area contributed by atoms with Crippen LogP contribution >= 0.6 is 11.8 Å². The molecule has 0 bridgehead atoms. The number of hydrogen-bond donors (Lipinski definition) is 1. The lowest BCUT2D eigenvalue weighted by Crippen LogP contribution is -2.33. The Kier molecular flexibility index (Phi) is 4.09. The summed E-state index contributed by atoms with van der Waals surface area (Å²) in [6.07, 6.45) is 4.76. The number of fused-ring (bicyclic) bond motifs is 4. The molecule has 4 aromatic rings. The molecule has 0 atom stereocenters. The van der Waals surface area contributed by atoms with Crippen LogP contribution in [0.2, 0.25) is 0 Å². The van der Waals surface area contributed by atoms with Crippen LogP contribution < -0.4 is 20.5 Å². The third-order valence-electron chi connectivity index (χ3n) is 4.42. The number of amides is 1. The molecular formula is C18H14N6O4S. The molecular weight excluding hydrogens is 396 g/mol. The molecule has 0 unspecified atom stereocenters. The van der Waals surface area contributed by atoms with Crippen molar-refractivity contribution in [3.05, 3.63) is 52.6 Å². The number of aromatic nitrogens is 5. The quantitative estimate of drug-likeness (QED) is 0.503. The maximum absolute atomic E-state index is 12.8. The number of ether oxygens (including phenoxy) is 2. The molecule has 11 heteroatoms. The van der Waals surface area contributed by atoms with Gasteiger partial charge in [0.15, 0.2) is 11.5 Å². The molecule has 1 amide bonds. The van der Waals surface area contributed by atoms with Crippen molar-refractivity contribution >= 4 is 34.3 Å². The van der Waals surface area contributed by atoms with Gasteiger partial charge in [0.1, 0.15) is 13.2 Å². The summed E-state index contributed by atoms with van der Waals surface area (Å²) in [5.41, 5.74) is 3.05. The van der Waals surface area contributed by atoms with Gasteiger partial charge in [-0.25, -0.2) is 9.66 Å². The highest BCUT2D eigenvalue weighted by molar-refractivity contribution is 7.98. The molecule has 0 aliphatic carbocycles. The zero-order chi connectivity index (χ0) is 20.0. The van der Waals surface area contributed by atoms with E-state index in [1.165, 1.54) is 28.7 Å². The van der Waals surface area contributed by atoms with Crippen LogP contribution in [0.5, 0.6) is 11.5 Å². The number of carbonyl (C=O) groups is 1. The van der Waals surface area contributed by atoms with Crippen LogP contribution in [-0.4, -0.2) is 49.6 Å². The molecule has 0 saturated carbocycles. The predicted molar refractivity (Wildman–Crippen MR) is 105 cm³/mol. The second-order valence-electron chi connectivity index (χ2n) is 6.16. The van der Waals surface area contributed by atoms with Gasteiger partial charge in [-0.3, -0.25) is 15.0 Å². The Labute approximate surface area is 167 Å². The Balaban J connectivity index is 1.50. The van der Waals surface area contributed by atoms with Crippen molar-refractivity contribution in [1.82, 2.24) is 24.3 Å². The van der Waals surface area contributed by atoms with E-state index in [1.807, 2.05) is 6.26 Å². The van der Waals surface area contributed by atoms with Crippen LogP contribution in [0.25, 0.3) is 16.7 Å². The van der Waals surface area contributed by atoms with Crippen molar-refractivity contribution in [1.29, 1.82) is 0 Å². The molecule has 4 heterocycles. The van der Waals surface area contributed by atoms with Crippen LogP contribution in [0.4, 0.5) is 0 Å². The first-order chi connectivity index (χ1) is 14.1. The average molecular weight is 410 g/mol. The second-order valence-corrected chi connectivity index (χ2v) is 6.93. The molecule has 3 aromatic heterocycles. The lowest BCUT2D eigenvalue weighted by atomic mass is 10.2. The molecule has 146 valence electrons. The van der Waals surface area contributed by atoms with Gasteiger partial charge in [0.05, 0.1) is 10.9 Å². The standard InChI is InChI=1S/C18H14N6O4S/c1-29-18-20-17-19-9-11-12(24(17)22-18)4-5-23(16(11)26)21-15(25)10-2-3-13-14(8-10)28-7-6-27-13/h2-5,8-9H,6-7H2,1H3,(H,21,25). The summed E-state index contributed by atoms with van der Waals surface area (Å²) in [4.78, 5) is 33.9. The van der Waals surface area contributed by atoms with Gasteiger partial charge in [0.2, 0.25) is 5.16 Å². The van der Waals surface area contributed by atoms with Crippen molar-refractivity contribution in [2.24, 2.45) is 0 Å². The number of carbonyl (C=O) groups excluding carboxylic acids is 1. The minimum atomic E-state index is -0.456. The summed E-state index contributed by atoms with van der Waals surface area (Å²) < 4.78 is 13.6. The van der Waals surface area contributed by atoms with E-state index in [2.05, 4.69) is 20.5 Å². The van der Waals surface area contributed by atoms with Crippen molar-refractivity contribution in [3.8, 4) is 11.5 Å². The summed E-state index contributed by atoms with van der Waals surface area (Å²) in [5.74, 6) is 1.03. The average Bonchev–Trinajstić information content (AvgIpc) is 3.19. The molecule has 0 spiro atoms. The molecule has 1 aliphatic rings. The molecule has 0 fully saturated rings. The van der Waals surface area contributed by atoms with Crippen LogP contribution in [0.3, 0.4) is 0 Å². The van der Waals surface area contributed by atoms with Crippen LogP contribution in [0.1, 0.15) is 10.4 Å². The highest BCUT2D eigenvalue weighted by atomic mass is 32.2. The van der Waals surface area contributed by atoms with E-state index >= 15 is 0 Å². The Morgan fingerprint density at radius 3 is 2.86 bits per heavy atom. The fourth-order valence-electron chi connectivity index (χ4n) is 3.03. The van der Waals surface area contributed by atoms with E-state index in [4.69, 9.17) is 9.47 Å². The van der Waals surface area contributed by atoms with E-state index < -0.39 is 11.5 Å². The number of pyridine rings is 1. The van der Waals surface area contributed by atoms with Gasteiger partial charge < -0.3 is 9.47 Å². The van der Waals surface area contributed by atoms with Gasteiger partial charge in [-0.05, 0) is 30.5 Å². The van der Waals surface area contributed by atoms with Crippen LogP contribution in [0, 0.1) is 0 Å². The minimum absolute atomic E-state index is 0.306. The second kappa shape index (κ2) is 6.78. The summed E-state index contributed by atoms with van der Waals surface area (Å²) in [7, 11) is 0. The number of hydrogen-bond acceptors (Lipinski definition) is 8. The van der Waals surface area contributed by atoms with Crippen molar-refractivity contribution in [3.63, 3.8) is 0 Å². The number of thioether (sulfide) groups is 1. The Morgan fingerprint density at radius 1 is 1.21 bits per heavy atom. The fourth-order valence-corrected chi connectivity index (χ4v) is 3.37. The van der Waals surface area contributed by atoms with Crippen molar-refractivity contribution < 1.29 is 14.3 Å². The van der Waals surface area contributed by atoms with E-state index in [1.54, 1.807) is 24.3 Å². The number of rotatable bonds is 3. The molecule has 1 aromatic carbocycles. The third kappa shape index (κ3) is 2.95.